The van der Waals surface area contributed by atoms with Gasteiger partial charge in [-0.3, -0.25) is 0 Å². The van der Waals surface area contributed by atoms with Crippen molar-refractivity contribution >= 4 is 11.7 Å². The summed E-state index contributed by atoms with van der Waals surface area (Å²) in [4.78, 5) is 13.9. The van der Waals surface area contributed by atoms with Gasteiger partial charge in [0.05, 0.1) is 0 Å². The molecule has 4 heteroatoms. The average molecular weight is 245 g/mol. The van der Waals surface area contributed by atoms with Gasteiger partial charge < -0.3 is 15.5 Å². The number of likely N-dealkylation sites (tertiary alicyclic amines) is 1. The third-order valence-electron chi connectivity index (χ3n) is 4.03. The molecule has 0 saturated carbocycles. The summed E-state index contributed by atoms with van der Waals surface area (Å²) in [5, 5.41) is 6.31. The molecule has 96 valence electrons. The predicted octanol–water partition coefficient (Wildman–Crippen LogP) is 1.90. The third kappa shape index (κ3) is 2.20. The molecule has 0 atom stereocenters. The van der Waals surface area contributed by atoms with E-state index in [4.69, 9.17) is 0 Å². The molecule has 2 fully saturated rings. The van der Waals surface area contributed by atoms with E-state index in [1.54, 1.807) is 0 Å². The minimum atomic E-state index is 0.0327. The normalized spacial score (nSPS) is 21.4. The zero-order valence-electron chi connectivity index (χ0n) is 10.5. The zero-order chi connectivity index (χ0) is 12.4. The fourth-order valence-electron chi connectivity index (χ4n) is 2.90. The number of para-hydroxylation sites is 1. The lowest BCUT2D eigenvalue weighted by molar-refractivity contribution is 0.0108. The lowest BCUT2D eigenvalue weighted by Gasteiger charge is -2.52. The summed E-state index contributed by atoms with van der Waals surface area (Å²) in [7, 11) is 0. The van der Waals surface area contributed by atoms with Gasteiger partial charge >= 0.3 is 6.03 Å². The summed E-state index contributed by atoms with van der Waals surface area (Å²) >= 11 is 0. The average Bonchev–Trinajstić information content (AvgIpc) is 2.38. The van der Waals surface area contributed by atoms with Crippen LogP contribution in [0.4, 0.5) is 10.5 Å². The molecular weight excluding hydrogens is 226 g/mol. The summed E-state index contributed by atoms with van der Waals surface area (Å²) in [6.07, 6.45) is 2.39. The Bertz CT molecular complexity index is 418. The van der Waals surface area contributed by atoms with Crippen molar-refractivity contribution in [3.63, 3.8) is 0 Å². The lowest BCUT2D eigenvalue weighted by atomic mass is 9.72. The first-order valence-corrected chi connectivity index (χ1v) is 6.59. The fourth-order valence-corrected chi connectivity index (χ4v) is 2.90. The molecule has 18 heavy (non-hydrogen) atoms. The Kier molecular flexibility index (Phi) is 2.96. The third-order valence-corrected chi connectivity index (χ3v) is 4.03. The Morgan fingerprint density at radius 1 is 1.17 bits per heavy atom. The molecule has 1 aromatic carbocycles. The van der Waals surface area contributed by atoms with Crippen molar-refractivity contribution in [2.24, 2.45) is 5.41 Å². The van der Waals surface area contributed by atoms with Crippen molar-refractivity contribution in [3.8, 4) is 0 Å². The van der Waals surface area contributed by atoms with Gasteiger partial charge in [-0.1, -0.05) is 18.2 Å². The van der Waals surface area contributed by atoms with Crippen LogP contribution in [-0.4, -0.2) is 37.1 Å². The quantitative estimate of drug-likeness (QED) is 0.793. The number of hydrogen-bond donors (Lipinski definition) is 2. The molecular formula is C14H19N3O. The number of rotatable bonds is 1. The Morgan fingerprint density at radius 2 is 1.83 bits per heavy atom. The van der Waals surface area contributed by atoms with E-state index in [9.17, 15) is 4.79 Å². The van der Waals surface area contributed by atoms with Gasteiger partial charge in [-0.15, -0.1) is 0 Å². The fraction of sp³-hybridized carbons (Fsp3) is 0.500. The number of hydrogen-bond acceptors (Lipinski definition) is 2. The van der Waals surface area contributed by atoms with E-state index in [0.717, 1.165) is 31.9 Å². The highest BCUT2D eigenvalue weighted by Gasteiger charge is 2.45. The summed E-state index contributed by atoms with van der Waals surface area (Å²) in [5.41, 5.74) is 1.27. The number of nitrogens with zero attached hydrogens (tertiary/aromatic N) is 1. The second-order valence-electron chi connectivity index (χ2n) is 5.40. The Labute approximate surface area is 107 Å². The van der Waals surface area contributed by atoms with Crippen molar-refractivity contribution in [3.05, 3.63) is 30.3 Å². The first-order chi connectivity index (χ1) is 8.77. The molecule has 1 aromatic rings. The van der Waals surface area contributed by atoms with Gasteiger partial charge in [0.25, 0.3) is 0 Å². The van der Waals surface area contributed by atoms with Gasteiger partial charge in [-0.05, 0) is 38.1 Å². The Balaban J connectivity index is 1.53. The van der Waals surface area contributed by atoms with E-state index in [1.165, 1.54) is 12.8 Å². The minimum Gasteiger partial charge on any atom is -0.323 e. The maximum atomic E-state index is 12.0. The van der Waals surface area contributed by atoms with Crippen LogP contribution in [0.3, 0.4) is 0 Å². The van der Waals surface area contributed by atoms with Crippen LogP contribution in [0.25, 0.3) is 0 Å². The first kappa shape index (κ1) is 11.5. The number of amides is 2. The van der Waals surface area contributed by atoms with Gasteiger partial charge in [-0.2, -0.15) is 0 Å². The molecule has 0 aliphatic carbocycles. The maximum Gasteiger partial charge on any atom is 0.321 e. The van der Waals surface area contributed by atoms with Crippen molar-refractivity contribution in [2.75, 3.05) is 31.5 Å². The molecule has 0 aromatic heterocycles. The van der Waals surface area contributed by atoms with E-state index in [-0.39, 0.29) is 6.03 Å². The molecule has 0 bridgehead atoms. The van der Waals surface area contributed by atoms with Crippen molar-refractivity contribution < 1.29 is 4.79 Å². The van der Waals surface area contributed by atoms with Gasteiger partial charge in [0.15, 0.2) is 0 Å². The highest BCUT2D eigenvalue weighted by atomic mass is 16.2. The monoisotopic (exact) mass is 245 g/mol. The van der Waals surface area contributed by atoms with Crippen LogP contribution in [-0.2, 0) is 0 Å². The largest absolute Gasteiger partial charge is 0.323 e. The summed E-state index contributed by atoms with van der Waals surface area (Å²) in [5.74, 6) is 0. The topological polar surface area (TPSA) is 44.4 Å². The van der Waals surface area contributed by atoms with Gasteiger partial charge in [-0.25, -0.2) is 4.79 Å². The summed E-state index contributed by atoms with van der Waals surface area (Å²) in [6.45, 7) is 4.00. The Hall–Kier alpha value is -1.55. The zero-order valence-corrected chi connectivity index (χ0v) is 10.5. The number of carbonyl (C=O) groups is 1. The maximum absolute atomic E-state index is 12.0. The van der Waals surface area contributed by atoms with E-state index in [1.807, 2.05) is 35.2 Å². The molecule has 2 amide bonds. The lowest BCUT2D eigenvalue weighted by Crippen LogP contribution is -2.62. The van der Waals surface area contributed by atoms with Crippen LogP contribution in [0.15, 0.2) is 30.3 Å². The summed E-state index contributed by atoms with van der Waals surface area (Å²) in [6, 6.07) is 9.67. The van der Waals surface area contributed by atoms with Crippen LogP contribution >= 0.6 is 0 Å². The molecule has 0 radical (unpaired) electrons. The van der Waals surface area contributed by atoms with Gasteiger partial charge in [0.2, 0.25) is 0 Å². The van der Waals surface area contributed by atoms with E-state index in [2.05, 4.69) is 10.6 Å². The highest BCUT2D eigenvalue weighted by molar-refractivity contribution is 5.89. The molecule has 3 rings (SSSR count). The van der Waals surface area contributed by atoms with Crippen LogP contribution in [0.1, 0.15) is 12.8 Å². The number of nitrogens with one attached hydrogen (secondary N) is 2. The number of carbonyl (C=O) groups excluding carboxylic acids is 1. The highest BCUT2D eigenvalue weighted by Crippen LogP contribution is 2.38. The Morgan fingerprint density at radius 3 is 2.50 bits per heavy atom. The van der Waals surface area contributed by atoms with Gasteiger partial charge in [0.1, 0.15) is 0 Å². The molecule has 4 nitrogen and oxygen atoms in total. The number of piperidine rings is 1. The molecule has 2 heterocycles. The first-order valence-electron chi connectivity index (χ1n) is 6.59. The predicted molar refractivity (Wildman–Crippen MR) is 71.6 cm³/mol. The van der Waals surface area contributed by atoms with Crippen LogP contribution in [0.2, 0.25) is 0 Å². The summed E-state index contributed by atoms with van der Waals surface area (Å²) < 4.78 is 0. The number of anilines is 1. The van der Waals surface area contributed by atoms with Crippen molar-refractivity contribution in [1.82, 2.24) is 10.2 Å². The van der Waals surface area contributed by atoms with Crippen LogP contribution in [0.5, 0.6) is 0 Å². The van der Waals surface area contributed by atoms with Crippen molar-refractivity contribution in [1.29, 1.82) is 0 Å². The smallest absolute Gasteiger partial charge is 0.321 e. The second kappa shape index (κ2) is 4.61. The number of urea groups is 1. The molecule has 2 aliphatic heterocycles. The van der Waals surface area contributed by atoms with E-state index in [0.29, 0.717) is 5.41 Å². The van der Waals surface area contributed by atoms with Gasteiger partial charge in [0, 0.05) is 24.2 Å². The number of benzene rings is 1. The van der Waals surface area contributed by atoms with Crippen LogP contribution < -0.4 is 10.6 Å². The molecule has 2 N–H and O–H groups in total. The van der Waals surface area contributed by atoms with Crippen molar-refractivity contribution in [2.45, 2.75) is 12.8 Å². The minimum absolute atomic E-state index is 0.0327. The molecule has 2 saturated heterocycles. The molecule has 1 spiro atoms. The molecule has 2 aliphatic rings. The van der Waals surface area contributed by atoms with E-state index >= 15 is 0 Å². The SMILES string of the molecule is O=C(Nc1ccccc1)N1CC2(CCNCC2)C1. The molecule has 0 unspecified atom stereocenters. The van der Waals surface area contributed by atoms with E-state index < -0.39 is 0 Å². The van der Waals surface area contributed by atoms with Crippen LogP contribution in [0, 0.1) is 5.41 Å². The standard InChI is InChI=1S/C14H19N3O/c18-13(16-12-4-2-1-3-5-12)17-10-14(11-17)6-8-15-9-7-14/h1-5,15H,6-11H2,(H,16,18). The second-order valence-corrected chi connectivity index (χ2v) is 5.40.